The van der Waals surface area contributed by atoms with E-state index in [2.05, 4.69) is 20.0 Å². The van der Waals surface area contributed by atoms with E-state index < -0.39 is 21.4 Å². The molecule has 0 amide bonds. The molecule has 0 spiro atoms. The maximum Gasteiger partial charge on any atom is 0.241 e. The van der Waals surface area contributed by atoms with E-state index in [4.69, 9.17) is 11.6 Å². The van der Waals surface area contributed by atoms with Crippen molar-refractivity contribution in [3.8, 4) is 0 Å². The maximum atomic E-state index is 13.6. The number of nitrogens with zero attached hydrogens (tertiary/aromatic N) is 2. The van der Waals surface area contributed by atoms with Gasteiger partial charge in [-0.1, -0.05) is 6.07 Å². The van der Waals surface area contributed by atoms with Crippen molar-refractivity contribution in [1.29, 1.82) is 0 Å². The molecule has 1 aromatic carbocycles. The Hall–Kier alpha value is -1.77. The molecule has 0 fully saturated rings. The fourth-order valence-corrected chi connectivity index (χ4v) is 3.37. The van der Waals surface area contributed by atoms with Gasteiger partial charge in [0.15, 0.2) is 11.6 Å². The molecule has 124 valence electrons. The summed E-state index contributed by atoms with van der Waals surface area (Å²) in [5, 5.41) is 2.57. The first-order valence-corrected chi connectivity index (χ1v) is 8.52. The highest BCUT2D eigenvalue weighted by molar-refractivity contribution is 7.89. The van der Waals surface area contributed by atoms with Gasteiger partial charge in [0.2, 0.25) is 15.3 Å². The lowest BCUT2D eigenvalue weighted by molar-refractivity contribution is 0.491. The van der Waals surface area contributed by atoms with Crippen LogP contribution >= 0.6 is 11.6 Å². The molecular weight excluding hydrogens is 343 g/mol. The summed E-state index contributed by atoms with van der Waals surface area (Å²) in [5.74, 6) is -0.834. The Bertz CT molecular complexity index is 822. The Labute approximate surface area is 139 Å². The van der Waals surface area contributed by atoms with Crippen LogP contribution in [0.25, 0.3) is 0 Å². The average Bonchev–Trinajstić information content (AvgIpc) is 2.41. The number of sulfonamides is 1. The topological polar surface area (TPSA) is 84.0 Å². The molecule has 0 aliphatic heterocycles. The second kappa shape index (κ2) is 6.38. The predicted molar refractivity (Wildman–Crippen MR) is 86.8 cm³/mol. The highest BCUT2D eigenvalue weighted by atomic mass is 35.5. The Kier molecular flexibility index (Phi) is 4.88. The van der Waals surface area contributed by atoms with E-state index in [1.165, 1.54) is 12.1 Å². The van der Waals surface area contributed by atoms with Crippen molar-refractivity contribution in [3.63, 3.8) is 0 Å². The lowest BCUT2D eigenvalue weighted by atomic mass is 10.1. The molecule has 0 bridgehead atoms. The van der Waals surface area contributed by atoms with Crippen molar-refractivity contribution in [2.75, 3.05) is 5.32 Å². The fraction of sp³-hybridized carbons (Fsp3) is 0.286. The highest BCUT2D eigenvalue weighted by Crippen LogP contribution is 2.22. The van der Waals surface area contributed by atoms with Gasteiger partial charge in [-0.15, -0.1) is 0 Å². The summed E-state index contributed by atoms with van der Waals surface area (Å²) in [4.78, 5) is 7.29. The molecule has 0 saturated carbocycles. The van der Waals surface area contributed by atoms with Crippen molar-refractivity contribution in [1.82, 2.24) is 14.7 Å². The van der Waals surface area contributed by atoms with Gasteiger partial charge in [-0.05, 0) is 50.6 Å². The van der Waals surface area contributed by atoms with E-state index in [0.717, 1.165) is 6.20 Å². The molecule has 1 heterocycles. The van der Waals surface area contributed by atoms with Crippen LogP contribution < -0.4 is 10.0 Å². The van der Waals surface area contributed by atoms with Crippen LogP contribution in [0.3, 0.4) is 0 Å². The van der Waals surface area contributed by atoms with E-state index in [9.17, 15) is 12.8 Å². The van der Waals surface area contributed by atoms with E-state index >= 15 is 0 Å². The molecule has 0 radical (unpaired) electrons. The molecule has 2 rings (SSSR count). The molecule has 0 unspecified atom stereocenters. The van der Waals surface area contributed by atoms with E-state index in [1.54, 1.807) is 32.9 Å². The monoisotopic (exact) mass is 358 g/mol. The second-order valence-electron chi connectivity index (χ2n) is 5.84. The molecule has 1 aromatic heterocycles. The standard InChI is InChI=1S/C14H16ClFN4O2S/c1-14(2,3)20-23(21,22)10-6-4-5-9(7-10)18-12-11(16)8-17-13(15)19-12/h4-8,20H,1-3H3,(H,17,18,19). The van der Waals surface area contributed by atoms with Crippen LogP contribution in [0, 0.1) is 5.82 Å². The van der Waals surface area contributed by atoms with Crippen LogP contribution in [0.5, 0.6) is 0 Å². The van der Waals surface area contributed by atoms with Crippen LogP contribution in [-0.4, -0.2) is 23.9 Å². The number of aromatic nitrogens is 2. The molecule has 6 nitrogen and oxygen atoms in total. The quantitative estimate of drug-likeness (QED) is 0.820. The maximum absolute atomic E-state index is 13.6. The van der Waals surface area contributed by atoms with Gasteiger partial charge in [0.05, 0.1) is 11.1 Å². The molecule has 2 aromatic rings. The van der Waals surface area contributed by atoms with Crippen LogP contribution in [0.1, 0.15) is 20.8 Å². The third-order valence-corrected chi connectivity index (χ3v) is 4.50. The molecule has 9 heteroatoms. The third kappa shape index (κ3) is 4.85. The summed E-state index contributed by atoms with van der Waals surface area (Å²) in [6.07, 6.45) is 0.930. The molecule has 0 atom stereocenters. The Morgan fingerprint density at radius 2 is 1.96 bits per heavy atom. The zero-order valence-electron chi connectivity index (χ0n) is 12.8. The first-order chi connectivity index (χ1) is 10.6. The number of hydrogen-bond acceptors (Lipinski definition) is 5. The third-order valence-electron chi connectivity index (χ3n) is 2.56. The van der Waals surface area contributed by atoms with Crippen LogP contribution in [0.4, 0.5) is 15.9 Å². The van der Waals surface area contributed by atoms with Crippen molar-refractivity contribution in [3.05, 3.63) is 41.6 Å². The minimum atomic E-state index is -3.69. The molecule has 2 N–H and O–H groups in total. The average molecular weight is 359 g/mol. The molecule has 0 aliphatic rings. The molecule has 0 saturated heterocycles. The summed E-state index contributed by atoms with van der Waals surface area (Å²) in [6, 6.07) is 5.96. The molecular formula is C14H16ClFN4O2S. The van der Waals surface area contributed by atoms with Crippen molar-refractivity contribution >= 4 is 33.1 Å². The lowest BCUT2D eigenvalue weighted by Gasteiger charge is -2.20. The molecule has 23 heavy (non-hydrogen) atoms. The van der Waals surface area contributed by atoms with E-state index in [1.807, 2.05) is 0 Å². The number of benzene rings is 1. The summed E-state index contributed by atoms with van der Waals surface area (Å²) in [5.41, 5.74) is -0.260. The normalized spacial score (nSPS) is 12.2. The van der Waals surface area contributed by atoms with Crippen molar-refractivity contribution < 1.29 is 12.8 Å². The van der Waals surface area contributed by atoms with E-state index in [0.29, 0.717) is 5.69 Å². The summed E-state index contributed by atoms with van der Waals surface area (Å²) in [7, 11) is -3.69. The Morgan fingerprint density at radius 1 is 1.26 bits per heavy atom. The smallest absolute Gasteiger partial charge is 0.241 e. The van der Waals surface area contributed by atoms with Crippen molar-refractivity contribution in [2.24, 2.45) is 0 Å². The highest BCUT2D eigenvalue weighted by Gasteiger charge is 2.22. The first kappa shape index (κ1) is 17.6. The SMILES string of the molecule is CC(C)(C)NS(=O)(=O)c1cccc(Nc2nc(Cl)ncc2F)c1. The van der Waals surface area contributed by atoms with Gasteiger partial charge in [-0.3, -0.25) is 0 Å². The minimum Gasteiger partial charge on any atom is -0.338 e. The number of hydrogen-bond donors (Lipinski definition) is 2. The summed E-state index contributed by atoms with van der Waals surface area (Å²) in [6.45, 7) is 5.22. The number of nitrogens with one attached hydrogen (secondary N) is 2. The number of rotatable bonds is 4. The second-order valence-corrected chi connectivity index (χ2v) is 7.86. The zero-order chi connectivity index (χ0) is 17.3. The van der Waals surface area contributed by atoms with Crippen molar-refractivity contribution in [2.45, 2.75) is 31.2 Å². The van der Waals surface area contributed by atoms with Gasteiger partial charge >= 0.3 is 0 Å². The van der Waals surface area contributed by atoms with Gasteiger partial charge in [-0.25, -0.2) is 22.5 Å². The lowest BCUT2D eigenvalue weighted by Crippen LogP contribution is -2.40. The Morgan fingerprint density at radius 3 is 2.61 bits per heavy atom. The van der Waals surface area contributed by atoms with Crippen LogP contribution in [0.15, 0.2) is 35.4 Å². The number of anilines is 2. The minimum absolute atomic E-state index is 0.0537. The zero-order valence-corrected chi connectivity index (χ0v) is 14.3. The summed E-state index contributed by atoms with van der Waals surface area (Å²) >= 11 is 5.62. The van der Waals surface area contributed by atoms with Gasteiger partial charge in [0, 0.05) is 11.2 Å². The Balaban J connectivity index is 2.32. The first-order valence-electron chi connectivity index (χ1n) is 6.66. The van der Waals surface area contributed by atoms with Gasteiger partial charge in [0.25, 0.3) is 0 Å². The van der Waals surface area contributed by atoms with Crippen LogP contribution in [0.2, 0.25) is 5.28 Å². The fourth-order valence-electron chi connectivity index (χ4n) is 1.77. The van der Waals surface area contributed by atoms with Gasteiger partial charge in [0.1, 0.15) is 0 Å². The number of halogens is 2. The molecule has 0 aliphatic carbocycles. The largest absolute Gasteiger partial charge is 0.338 e. The van der Waals surface area contributed by atoms with Gasteiger partial charge < -0.3 is 5.32 Å². The van der Waals surface area contributed by atoms with E-state index in [-0.39, 0.29) is 16.0 Å². The predicted octanol–water partition coefficient (Wildman–Crippen LogP) is 3.09. The van der Waals surface area contributed by atoms with Gasteiger partial charge in [-0.2, -0.15) is 4.98 Å². The summed E-state index contributed by atoms with van der Waals surface area (Å²) < 4.78 is 40.8. The van der Waals surface area contributed by atoms with Crippen LogP contribution in [-0.2, 0) is 10.0 Å².